The molecule has 0 saturated heterocycles. The number of aliphatic hydroxyl groups excluding tert-OH is 2. The third-order valence-corrected chi connectivity index (χ3v) is 3.39. The van der Waals surface area contributed by atoms with Crippen LogP contribution in [0.1, 0.15) is 59.3 Å². The predicted molar refractivity (Wildman–Crippen MR) is 60.2 cm³/mol. The van der Waals surface area contributed by atoms with E-state index in [4.69, 9.17) is 0 Å². The van der Waals surface area contributed by atoms with Crippen LogP contribution in [0.2, 0.25) is 0 Å². The zero-order valence-corrected chi connectivity index (χ0v) is 9.92. The minimum Gasteiger partial charge on any atom is -0.396 e. The summed E-state index contributed by atoms with van der Waals surface area (Å²) in [5, 5.41) is 19.3. The lowest BCUT2D eigenvalue weighted by atomic mass is 9.75. The summed E-state index contributed by atoms with van der Waals surface area (Å²) < 4.78 is 0. The molecule has 0 fully saturated rings. The van der Waals surface area contributed by atoms with Crippen molar-refractivity contribution in [1.82, 2.24) is 0 Å². The van der Waals surface area contributed by atoms with Gasteiger partial charge in [-0.15, -0.1) is 0 Å². The SMILES string of the molecule is CCCCCC(CC)(CO)C(O)CC. The van der Waals surface area contributed by atoms with Crippen molar-refractivity contribution in [3.63, 3.8) is 0 Å². The first-order chi connectivity index (χ1) is 6.66. The van der Waals surface area contributed by atoms with E-state index in [1.165, 1.54) is 12.8 Å². The van der Waals surface area contributed by atoms with Crippen LogP contribution in [0.3, 0.4) is 0 Å². The summed E-state index contributed by atoms with van der Waals surface area (Å²) in [6.45, 7) is 6.32. The molecule has 0 aliphatic rings. The maximum atomic E-state index is 9.91. The highest BCUT2D eigenvalue weighted by Crippen LogP contribution is 2.34. The first-order valence-electron chi connectivity index (χ1n) is 5.95. The first-order valence-corrected chi connectivity index (χ1v) is 5.95. The number of unbranched alkanes of at least 4 members (excludes halogenated alkanes) is 2. The minimum absolute atomic E-state index is 0.113. The molecule has 2 nitrogen and oxygen atoms in total. The molecule has 0 heterocycles. The topological polar surface area (TPSA) is 40.5 Å². The van der Waals surface area contributed by atoms with E-state index < -0.39 is 0 Å². The Morgan fingerprint density at radius 1 is 1.14 bits per heavy atom. The van der Waals surface area contributed by atoms with Gasteiger partial charge in [-0.05, 0) is 19.3 Å². The smallest absolute Gasteiger partial charge is 0.0615 e. The van der Waals surface area contributed by atoms with Crippen LogP contribution < -0.4 is 0 Å². The van der Waals surface area contributed by atoms with Gasteiger partial charge in [-0.3, -0.25) is 0 Å². The number of hydrogen-bond acceptors (Lipinski definition) is 2. The molecule has 0 radical (unpaired) electrons. The molecule has 2 N–H and O–H groups in total. The van der Waals surface area contributed by atoms with Crippen molar-refractivity contribution < 1.29 is 10.2 Å². The summed E-state index contributed by atoms with van der Waals surface area (Å²) in [7, 11) is 0. The van der Waals surface area contributed by atoms with Crippen LogP contribution in [0.15, 0.2) is 0 Å². The van der Waals surface area contributed by atoms with E-state index >= 15 is 0 Å². The second-order valence-electron chi connectivity index (χ2n) is 4.26. The fourth-order valence-corrected chi connectivity index (χ4v) is 2.04. The van der Waals surface area contributed by atoms with E-state index in [1.807, 2.05) is 6.92 Å². The zero-order chi connectivity index (χ0) is 11.0. The molecular formula is C12H26O2. The van der Waals surface area contributed by atoms with Crippen molar-refractivity contribution in [3.8, 4) is 0 Å². The lowest BCUT2D eigenvalue weighted by Gasteiger charge is -2.35. The van der Waals surface area contributed by atoms with Gasteiger partial charge in [-0.25, -0.2) is 0 Å². The quantitative estimate of drug-likeness (QED) is 0.594. The highest BCUT2D eigenvalue weighted by Gasteiger charge is 2.33. The van der Waals surface area contributed by atoms with Gasteiger partial charge in [0.15, 0.2) is 0 Å². The highest BCUT2D eigenvalue weighted by atomic mass is 16.3. The third-order valence-electron chi connectivity index (χ3n) is 3.39. The molecular weight excluding hydrogens is 176 g/mol. The molecule has 0 aliphatic heterocycles. The van der Waals surface area contributed by atoms with Crippen LogP contribution in [-0.4, -0.2) is 22.9 Å². The molecule has 0 aromatic rings. The van der Waals surface area contributed by atoms with E-state index in [1.54, 1.807) is 0 Å². The second-order valence-corrected chi connectivity index (χ2v) is 4.26. The van der Waals surface area contributed by atoms with Gasteiger partial charge >= 0.3 is 0 Å². The Morgan fingerprint density at radius 2 is 1.79 bits per heavy atom. The first kappa shape index (κ1) is 13.9. The number of hydrogen-bond donors (Lipinski definition) is 2. The number of rotatable bonds is 8. The van der Waals surface area contributed by atoms with Crippen molar-refractivity contribution in [2.24, 2.45) is 5.41 Å². The van der Waals surface area contributed by atoms with E-state index in [9.17, 15) is 10.2 Å². The van der Waals surface area contributed by atoms with Crippen LogP contribution in [-0.2, 0) is 0 Å². The van der Waals surface area contributed by atoms with Crippen LogP contribution in [0.4, 0.5) is 0 Å². The minimum atomic E-state index is -0.352. The Bertz CT molecular complexity index is 130. The van der Waals surface area contributed by atoms with E-state index in [0.29, 0.717) is 0 Å². The molecule has 0 bridgehead atoms. The van der Waals surface area contributed by atoms with Crippen molar-refractivity contribution in [3.05, 3.63) is 0 Å². The van der Waals surface area contributed by atoms with E-state index in [2.05, 4.69) is 13.8 Å². The number of aliphatic hydroxyl groups is 2. The van der Waals surface area contributed by atoms with Crippen LogP contribution in [0.5, 0.6) is 0 Å². The molecule has 0 amide bonds. The summed E-state index contributed by atoms with van der Waals surface area (Å²) in [5.41, 5.74) is -0.246. The predicted octanol–water partition coefficient (Wildman–Crippen LogP) is 2.73. The summed E-state index contributed by atoms with van der Waals surface area (Å²) in [6, 6.07) is 0. The second kappa shape index (κ2) is 7.24. The maximum absolute atomic E-state index is 9.91. The fourth-order valence-electron chi connectivity index (χ4n) is 2.04. The molecule has 0 aliphatic carbocycles. The van der Waals surface area contributed by atoms with Crippen LogP contribution >= 0.6 is 0 Å². The Hall–Kier alpha value is -0.0800. The monoisotopic (exact) mass is 202 g/mol. The summed E-state index contributed by atoms with van der Waals surface area (Å²) in [5.74, 6) is 0. The largest absolute Gasteiger partial charge is 0.396 e. The Labute approximate surface area is 88.3 Å². The molecule has 2 unspecified atom stereocenters. The standard InChI is InChI=1S/C12H26O2/c1-4-7-8-9-12(6-3,10-13)11(14)5-2/h11,13-14H,4-10H2,1-3H3. The Balaban J connectivity index is 4.21. The van der Waals surface area contributed by atoms with Gasteiger partial charge in [0.2, 0.25) is 0 Å². The lowest BCUT2D eigenvalue weighted by Crippen LogP contribution is -2.37. The molecule has 0 aromatic carbocycles. The summed E-state index contributed by atoms with van der Waals surface area (Å²) >= 11 is 0. The highest BCUT2D eigenvalue weighted by molar-refractivity contribution is 4.84. The normalized spacial score (nSPS) is 17.8. The van der Waals surface area contributed by atoms with Gasteiger partial charge in [0.1, 0.15) is 0 Å². The van der Waals surface area contributed by atoms with Crippen LogP contribution in [0.25, 0.3) is 0 Å². The molecule has 2 atom stereocenters. The van der Waals surface area contributed by atoms with Crippen LogP contribution in [0, 0.1) is 5.41 Å². The van der Waals surface area contributed by atoms with Gasteiger partial charge < -0.3 is 10.2 Å². The van der Waals surface area contributed by atoms with Gasteiger partial charge in [0, 0.05) is 5.41 Å². The molecule has 86 valence electrons. The average molecular weight is 202 g/mol. The maximum Gasteiger partial charge on any atom is 0.0615 e. The Kier molecular flexibility index (Phi) is 7.20. The molecule has 0 aromatic heterocycles. The zero-order valence-electron chi connectivity index (χ0n) is 9.92. The molecule has 0 spiro atoms. The van der Waals surface area contributed by atoms with Gasteiger partial charge in [-0.2, -0.15) is 0 Å². The van der Waals surface area contributed by atoms with Gasteiger partial charge in [0.05, 0.1) is 12.7 Å². The van der Waals surface area contributed by atoms with Gasteiger partial charge in [0.25, 0.3) is 0 Å². The lowest BCUT2D eigenvalue weighted by molar-refractivity contribution is -0.0300. The van der Waals surface area contributed by atoms with Crippen molar-refractivity contribution in [1.29, 1.82) is 0 Å². The van der Waals surface area contributed by atoms with Crippen molar-refractivity contribution in [2.75, 3.05) is 6.61 Å². The molecule has 0 saturated carbocycles. The molecule has 14 heavy (non-hydrogen) atoms. The van der Waals surface area contributed by atoms with E-state index in [-0.39, 0.29) is 18.1 Å². The Morgan fingerprint density at radius 3 is 2.14 bits per heavy atom. The van der Waals surface area contributed by atoms with Crippen molar-refractivity contribution >= 4 is 0 Å². The molecule has 2 heteroatoms. The summed E-state index contributed by atoms with van der Waals surface area (Å²) in [4.78, 5) is 0. The van der Waals surface area contributed by atoms with Gasteiger partial charge in [-0.1, -0.05) is 40.0 Å². The fraction of sp³-hybridized carbons (Fsp3) is 1.00. The third kappa shape index (κ3) is 3.58. The van der Waals surface area contributed by atoms with Crippen molar-refractivity contribution in [2.45, 2.75) is 65.4 Å². The molecule has 0 rings (SSSR count). The average Bonchev–Trinajstić information content (AvgIpc) is 2.24. The van der Waals surface area contributed by atoms with E-state index in [0.717, 1.165) is 25.7 Å². The summed E-state index contributed by atoms with van der Waals surface area (Å²) in [6.07, 6.45) is 5.69.